The fourth-order valence-electron chi connectivity index (χ4n) is 0. The van der Waals surface area contributed by atoms with E-state index in [1.54, 1.807) is 0 Å². The Morgan fingerprint density at radius 2 is 1.17 bits per heavy atom. The van der Waals surface area contributed by atoms with Crippen LogP contribution in [0.1, 0.15) is 0 Å². The van der Waals surface area contributed by atoms with Crippen LogP contribution in [0.25, 0.3) is 0 Å². The van der Waals surface area contributed by atoms with E-state index in [1.165, 1.54) is 9.76 Å². The van der Waals surface area contributed by atoms with Gasteiger partial charge < -0.3 is 0 Å². The van der Waals surface area contributed by atoms with Gasteiger partial charge in [0.05, 0.1) is 0 Å². The summed E-state index contributed by atoms with van der Waals surface area (Å²) >= 11 is 0. The van der Waals surface area contributed by atoms with Gasteiger partial charge in [-0.2, -0.15) is 0 Å². The first-order valence-electron chi connectivity index (χ1n) is 2.00. The molecule has 0 rings (SSSR count). The summed E-state index contributed by atoms with van der Waals surface area (Å²) in [4.78, 5) is 0. The average Bonchev–Trinajstić information content (AvgIpc) is 0.722. The third-order valence-corrected chi connectivity index (χ3v) is 0. The second-order valence-corrected chi connectivity index (χ2v) is 18.0. The molecule has 0 nitrogen and oxygen atoms in total. The fraction of sp³-hybridized carbons (Fsp3) is 1.00. The molecule has 0 bridgehead atoms. The van der Waals surface area contributed by atoms with Gasteiger partial charge in [-0.15, -0.1) is 0 Å². The molecule has 34 valence electrons. The van der Waals surface area contributed by atoms with Crippen LogP contribution in [0.3, 0.4) is 0 Å². The van der Waals surface area contributed by atoms with Gasteiger partial charge in [-0.1, -0.05) is 19.6 Å². The molecular weight excluding hydrogens is 99.1 g/mol. The second kappa shape index (κ2) is 3.09. The Morgan fingerprint density at radius 1 is 1.17 bits per heavy atom. The number of rotatable bonds is 0. The normalized spacial score (nSPS) is 10.5. The summed E-state index contributed by atoms with van der Waals surface area (Å²) < 4.78 is 0. The predicted molar refractivity (Wildman–Crippen MR) is 40.4 cm³/mol. The summed E-state index contributed by atoms with van der Waals surface area (Å²) in [7, 11) is 0.975. The fourth-order valence-corrected chi connectivity index (χ4v) is 0. The quantitative estimate of drug-likeness (QED) is 0.372. The molecule has 0 N–H and O–H groups in total. The zero-order valence-corrected chi connectivity index (χ0v) is 7.50. The molecule has 6 heavy (non-hydrogen) atoms. The van der Waals surface area contributed by atoms with Gasteiger partial charge >= 0.3 is 18.9 Å². The van der Waals surface area contributed by atoms with Crippen LogP contribution in [-0.2, 0) is 0 Å². The molecule has 0 fully saturated rings. The second-order valence-electron chi connectivity index (χ2n) is 3.00. The van der Waals surface area contributed by atoms with Crippen LogP contribution < -0.4 is 0 Å². The first-order valence-corrected chi connectivity index (χ1v) is 9.00. The van der Waals surface area contributed by atoms with Gasteiger partial charge in [0.25, 0.3) is 0 Å². The zero-order valence-electron chi connectivity index (χ0n) is 4.50. The topological polar surface area (TPSA) is 0 Å². The van der Waals surface area contributed by atoms with Crippen molar-refractivity contribution >= 4 is 36.2 Å². The molecule has 0 atom stereocenters. The van der Waals surface area contributed by atoms with Gasteiger partial charge in [0, 0.05) is 7.59 Å². The minimum absolute atomic E-state index is 0. The van der Waals surface area contributed by atoms with Gasteiger partial charge in [-0.3, -0.25) is 0 Å². The molecule has 0 aromatic rings. The minimum atomic E-state index is -0.472. The van der Waals surface area contributed by atoms with Crippen LogP contribution in [0.2, 0.25) is 19.6 Å². The Labute approximate surface area is 56.1 Å². The van der Waals surface area contributed by atoms with E-state index < -0.39 is 7.59 Å². The van der Waals surface area contributed by atoms with E-state index in [-0.39, 0.29) is 18.9 Å². The first-order chi connectivity index (χ1) is 2.00. The van der Waals surface area contributed by atoms with Gasteiger partial charge in [-0.05, 0) is 9.76 Å². The zero-order chi connectivity index (χ0) is 4.50. The molecule has 0 unspecified atom stereocenters. The van der Waals surface area contributed by atoms with E-state index in [0.29, 0.717) is 0 Å². The molecule has 0 aliphatic rings. The Morgan fingerprint density at radius 3 is 1.17 bits per heavy atom. The van der Waals surface area contributed by atoms with E-state index >= 15 is 0 Å². The van der Waals surface area contributed by atoms with Crippen LogP contribution in [-0.4, -0.2) is 36.2 Å². The number of hydrogen-bond donors (Lipinski definition) is 0. The molecule has 0 heterocycles. The van der Waals surface area contributed by atoms with Crippen LogP contribution >= 0.6 is 0 Å². The molecule has 0 aromatic carbocycles. The van der Waals surface area contributed by atoms with Crippen LogP contribution in [0.4, 0.5) is 0 Å². The molecule has 0 amide bonds. The van der Waals surface area contributed by atoms with Crippen molar-refractivity contribution in [3.05, 3.63) is 0 Å². The maximum absolute atomic E-state index is 2.39. The summed E-state index contributed by atoms with van der Waals surface area (Å²) in [6.07, 6.45) is 0. The third-order valence-electron chi connectivity index (χ3n) is 0. The molecule has 0 aromatic heterocycles. The van der Waals surface area contributed by atoms with Crippen LogP contribution in [0.5, 0.6) is 0 Å². The standard InChI is InChI=1S/C3H12Si2.Li.H/c1-5(2,3)4;;/h1-4H3;;. The molecule has 3 heteroatoms. The van der Waals surface area contributed by atoms with Crippen LogP contribution in [0.15, 0.2) is 0 Å². The van der Waals surface area contributed by atoms with Crippen molar-refractivity contribution in [1.82, 2.24) is 0 Å². The Bertz CT molecular complexity index is 24.3. The van der Waals surface area contributed by atoms with Gasteiger partial charge in [0.1, 0.15) is 0 Å². The summed E-state index contributed by atoms with van der Waals surface area (Å²) in [6.45, 7) is 7.16. The molecule has 0 aliphatic heterocycles. The Hall–Kier alpha value is 1.03. The molecule has 0 radical (unpaired) electrons. The molecular formula is C3H13LiSi2. The average molecular weight is 112 g/mol. The van der Waals surface area contributed by atoms with Crippen molar-refractivity contribution < 1.29 is 0 Å². The summed E-state index contributed by atoms with van der Waals surface area (Å²) in [6, 6.07) is 0. The van der Waals surface area contributed by atoms with E-state index in [9.17, 15) is 0 Å². The van der Waals surface area contributed by atoms with E-state index in [1.807, 2.05) is 0 Å². The molecule has 0 saturated carbocycles. The van der Waals surface area contributed by atoms with E-state index in [4.69, 9.17) is 0 Å². The van der Waals surface area contributed by atoms with Gasteiger partial charge in [0.15, 0.2) is 0 Å². The van der Waals surface area contributed by atoms with E-state index in [2.05, 4.69) is 19.6 Å². The van der Waals surface area contributed by atoms with Crippen molar-refractivity contribution in [3.8, 4) is 0 Å². The summed E-state index contributed by atoms with van der Waals surface area (Å²) in [5, 5.41) is 0. The molecule has 0 spiro atoms. The monoisotopic (exact) mass is 112 g/mol. The third kappa shape index (κ3) is 76.9. The van der Waals surface area contributed by atoms with Crippen molar-refractivity contribution in [2.24, 2.45) is 0 Å². The predicted octanol–water partition coefficient (Wildman–Crippen LogP) is -0.462. The summed E-state index contributed by atoms with van der Waals surface area (Å²) in [5.74, 6) is 0. The Balaban J connectivity index is 0. The van der Waals surface area contributed by atoms with Crippen LogP contribution in [0, 0.1) is 0 Å². The number of hydrogen-bond acceptors (Lipinski definition) is 0. The molecule has 0 saturated heterocycles. The van der Waals surface area contributed by atoms with Gasteiger partial charge in [-0.25, -0.2) is 0 Å². The Kier molecular flexibility index (Phi) is 5.20. The van der Waals surface area contributed by atoms with Crippen molar-refractivity contribution in [2.45, 2.75) is 19.6 Å². The van der Waals surface area contributed by atoms with Crippen molar-refractivity contribution in [2.75, 3.05) is 0 Å². The van der Waals surface area contributed by atoms with Gasteiger partial charge in [0.2, 0.25) is 0 Å². The first kappa shape index (κ1) is 10.1. The SMILES string of the molecule is C[Si](C)(C)[SiH3].[LiH]. The van der Waals surface area contributed by atoms with E-state index in [0.717, 1.165) is 0 Å². The van der Waals surface area contributed by atoms with Crippen molar-refractivity contribution in [1.29, 1.82) is 0 Å². The molecule has 0 aliphatic carbocycles. The van der Waals surface area contributed by atoms with Crippen molar-refractivity contribution in [3.63, 3.8) is 0 Å². The summed E-state index contributed by atoms with van der Waals surface area (Å²) in [5.41, 5.74) is 0. The maximum atomic E-state index is 2.39.